The fourth-order valence-corrected chi connectivity index (χ4v) is 8.34. The van der Waals surface area contributed by atoms with Crippen molar-refractivity contribution >= 4 is 11.9 Å². The highest BCUT2D eigenvalue weighted by Gasteiger charge is 2.51. The molecule has 262 valence electrons. The van der Waals surface area contributed by atoms with Crippen LogP contribution < -0.4 is 0 Å². The standard InChI is InChI=1S/C46H54O4/c1-31(2)19-7-5-17-29-49-45(47)43(41-37-25-13-9-21-33(37)34-22-10-14-26-38(34)41)44(46(48)50-30-18-6-8-20-32(3)4)42-39-27-15-11-23-35(39)36-24-12-16-28-40(36)42/h9-16,21-28,31-32,41-44H,5-8,17-20,29-30H2,1-4H3. The third kappa shape index (κ3) is 7.75. The van der Waals surface area contributed by atoms with Crippen LogP contribution in [0, 0.1) is 23.7 Å². The minimum Gasteiger partial charge on any atom is -0.465 e. The Morgan fingerprint density at radius 2 is 0.760 bits per heavy atom. The molecule has 0 N–H and O–H groups in total. The molecule has 0 radical (unpaired) electrons. The number of unbranched alkanes of at least 4 members (excludes halogenated alkanes) is 4. The monoisotopic (exact) mass is 670 g/mol. The van der Waals surface area contributed by atoms with Crippen LogP contribution in [0.4, 0.5) is 0 Å². The number of benzene rings is 4. The van der Waals surface area contributed by atoms with E-state index in [2.05, 4.69) is 100 Å². The SMILES string of the molecule is CC(C)CCCCCOC(=O)C(C1c2ccccc2-c2ccccc21)C(C(=O)OCCCCCC(C)C)C1c2ccccc2-c2ccccc21. The number of hydrogen-bond acceptors (Lipinski definition) is 4. The fourth-order valence-electron chi connectivity index (χ4n) is 8.34. The van der Waals surface area contributed by atoms with Gasteiger partial charge in [0.05, 0.1) is 25.0 Å². The summed E-state index contributed by atoms with van der Waals surface area (Å²) in [5, 5.41) is 0. The lowest BCUT2D eigenvalue weighted by molar-refractivity contribution is -0.162. The van der Waals surface area contributed by atoms with E-state index in [0.29, 0.717) is 25.0 Å². The number of carbonyl (C=O) groups excluding carboxylic acids is 2. The summed E-state index contributed by atoms with van der Waals surface area (Å²) in [4.78, 5) is 29.7. The number of fused-ring (bicyclic) bond motifs is 6. The fraction of sp³-hybridized carbons (Fsp3) is 0.435. The van der Waals surface area contributed by atoms with Crippen LogP contribution in [0.2, 0.25) is 0 Å². The summed E-state index contributed by atoms with van der Waals surface area (Å²) >= 11 is 0. The molecule has 0 bridgehead atoms. The van der Waals surface area contributed by atoms with Crippen LogP contribution in [0.1, 0.15) is 113 Å². The van der Waals surface area contributed by atoms with E-state index in [0.717, 1.165) is 95.9 Å². The number of carbonyl (C=O) groups is 2. The predicted molar refractivity (Wildman–Crippen MR) is 203 cm³/mol. The lowest BCUT2D eigenvalue weighted by Gasteiger charge is -2.34. The molecule has 0 aromatic heterocycles. The van der Waals surface area contributed by atoms with Crippen LogP contribution in [0.5, 0.6) is 0 Å². The first kappa shape index (κ1) is 35.6. The zero-order valence-electron chi connectivity index (χ0n) is 30.4. The number of ether oxygens (including phenoxy) is 2. The summed E-state index contributed by atoms with van der Waals surface area (Å²) in [5.41, 5.74) is 8.73. The van der Waals surface area contributed by atoms with Gasteiger partial charge >= 0.3 is 11.9 Å². The molecule has 4 aromatic rings. The average molecular weight is 671 g/mol. The number of hydrogen-bond donors (Lipinski definition) is 0. The second kappa shape index (κ2) is 16.7. The Hall–Kier alpha value is -4.18. The third-order valence-electron chi connectivity index (χ3n) is 10.8. The van der Waals surface area contributed by atoms with Crippen LogP contribution in [0.25, 0.3) is 22.3 Å². The van der Waals surface area contributed by atoms with E-state index in [1.165, 1.54) is 0 Å². The minimum atomic E-state index is -0.784. The Morgan fingerprint density at radius 3 is 1.06 bits per heavy atom. The molecule has 0 amide bonds. The van der Waals surface area contributed by atoms with Gasteiger partial charge in [0.25, 0.3) is 0 Å². The molecule has 4 aromatic carbocycles. The molecule has 0 saturated heterocycles. The van der Waals surface area contributed by atoms with E-state index in [1.807, 2.05) is 24.3 Å². The first-order valence-corrected chi connectivity index (χ1v) is 19.1. The summed E-state index contributed by atoms with van der Waals surface area (Å²) < 4.78 is 12.5. The molecule has 2 unspecified atom stereocenters. The van der Waals surface area contributed by atoms with Crippen molar-refractivity contribution in [3.05, 3.63) is 119 Å². The lowest BCUT2D eigenvalue weighted by Crippen LogP contribution is -2.40. The molecule has 0 spiro atoms. The highest BCUT2D eigenvalue weighted by molar-refractivity contribution is 5.90. The maximum atomic E-state index is 14.9. The van der Waals surface area contributed by atoms with E-state index < -0.39 is 11.8 Å². The van der Waals surface area contributed by atoms with Crippen molar-refractivity contribution in [2.24, 2.45) is 23.7 Å². The van der Waals surface area contributed by atoms with Crippen LogP contribution in [0.15, 0.2) is 97.1 Å². The van der Waals surface area contributed by atoms with Crippen molar-refractivity contribution < 1.29 is 19.1 Å². The Morgan fingerprint density at radius 1 is 0.460 bits per heavy atom. The molecule has 4 heteroatoms. The molecule has 0 heterocycles. The minimum absolute atomic E-state index is 0.314. The van der Waals surface area contributed by atoms with E-state index in [9.17, 15) is 9.59 Å². The van der Waals surface area contributed by atoms with Crippen molar-refractivity contribution in [2.45, 2.75) is 90.9 Å². The number of rotatable bonds is 17. The van der Waals surface area contributed by atoms with E-state index in [-0.39, 0.29) is 23.8 Å². The van der Waals surface area contributed by atoms with Gasteiger partial charge in [-0.2, -0.15) is 0 Å². The smallest absolute Gasteiger partial charge is 0.310 e. The Kier molecular flexibility index (Phi) is 11.9. The predicted octanol–water partition coefficient (Wildman–Crippen LogP) is 11.4. The molecular weight excluding hydrogens is 617 g/mol. The van der Waals surface area contributed by atoms with Crippen molar-refractivity contribution in [2.75, 3.05) is 13.2 Å². The molecular formula is C46H54O4. The summed E-state index contributed by atoms with van der Waals surface area (Å²) in [5.74, 6) is -1.58. The quantitative estimate of drug-likeness (QED) is 0.0829. The zero-order valence-corrected chi connectivity index (χ0v) is 30.4. The molecule has 0 saturated carbocycles. The van der Waals surface area contributed by atoms with Crippen molar-refractivity contribution in [1.29, 1.82) is 0 Å². The summed E-state index contributed by atoms with van der Waals surface area (Å²) in [6.07, 6.45) is 8.20. The van der Waals surface area contributed by atoms with Gasteiger partial charge in [0.2, 0.25) is 0 Å². The lowest BCUT2D eigenvalue weighted by atomic mass is 9.69. The van der Waals surface area contributed by atoms with Gasteiger partial charge in [0.1, 0.15) is 0 Å². The van der Waals surface area contributed by atoms with Crippen LogP contribution in [-0.4, -0.2) is 25.2 Å². The molecule has 2 atom stereocenters. The van der Waals surface area contributed by atoms with Crippen LogP contribution in [0.3, 0.4) is 0 Å². The first-order valence-electron chi connectivity index (χ1n) is 19.1. The maximum absolute atomic E-state index is 14.9. The summed E-state index contributed by atoms with van der Waals surface area (Å²) in [7, 11) is 0. The van der Waals surface area contributed by atoms with Crippen molar-refractivity contribution in [3.63, 3.8) is 0 Å². The van der Waals surface area contributed by atoms with Gasteiger partial charge in [0, 0.05) is 11.8 Å². The Labute approximate surface area is 299 Å². The van der Waals surface area contributed by atoms with Crippen molar-refractivity contribution in [1.82, 2.24) is 0 Å². The molecule has 50 heavy (non-hydrogen) atoms. The second-order valence-corrected chi connectivity index (χ2v) is 15.2. The Bertz CT molecular complexity index is 1530. The Balaban J connectivity index is 1.41. The van der Waals surface area contributed by atoms with Crippen LogP contribution in [-0.2, 0) is 19.1 Å². The molecule has 2 aliphatic rings. The van der Waals surface area contributed by atoms with E-state index in [4.69, 9.17) is 9.47 Å². The van der Waals surface area contributed by atoms with Crippen LogP contribution >= 0.6 is 0 Å². The normalized spacial score (nSPS) is 14.6. The average Bonchev–Trinajstić information content (AvgIpc) is 3.62. The highest BCUT2D eigenvalue weighted by Crippen LogP contribution is 2.56. The number of esters is 2. The van der Waals surface area contributed by atoms with Gasteiger partial charge in [-0.25, -0.2) is 0 Å². The molecule has 6 rings (SSSR count). The van der Waals surface area contributed by atoms with Gasteiger partial charge in [-0.1, -0.05) is 163 Å². The zero-order chi connectivity index (χ0) is 35.0. The van der Waals surface area contributed by atoms with Gasteiger partial charge in [-0.3, -0.25) is 9.59 Å². The van der Waals surface area contributed by atoms with Gasteiger partial charge < -0.3 is 9.47 Å². The molecule has 4 nitrogen and oxygen atoms in total. The maximum Gasteiger partial charge on any atom is 0.310 e. The van der Waals surface area contributed by atoms with Gasteiger partial charge in [-0.05, 0) is 69.2 Å². The van der Waals surface area contributed by atoms with E-state index >= 15 is 0 Å². The second-order valence-electron chi connectivity index (χ2n) is 15.2. The summed E-state index contributed by atoms with van der Waals surface area (Å²) in [6, 6.07) is 33.4. The molecule has 2 aliphatic carbocycles. The topological polar surface area (TPSA) is 52.6 Å². The van der Waals surface area contributed by atoms with Gasteiger partial charge in [-0.15, -0.1) is 0 Å². The first-order chi connectivity index (χ1) is 24.4. The van der Waals surface area contributed by atoms with E-state index in [1.54, 1.807) is 0 Å². The molecule has 0 aliphatic heterocycles. The largest absolute Gasteiger partial charge is 0.465 e. The van der Waals surface area contributed by atoms with Crippen molar-refractivity contribution in [3.8, 4) is 22.3 Å². The molecule has 0 fully saturated rings. The third-order valence-corrected chi connectivity index (χ3v) is 10.8. The van der Waals surface area contributed by atoms with Gasteiger partial charge in [0.15, 0.2) is 0 Å². The summed E-state index contributed by atoms with van der Waals surface area (Å²) in [6.45, 7) is 9.66. The highest BCUT2D eigenvalue weighted by atomic mass is 16.5.